The summed E-state index contributed by atoms with van der Waals surface area (Å²) in [4.78, 5) is 43.0. The molecule has 4 aliphatic rings. The van der Waals surface area contributed by atoms with Crippen LogP contribution in [-0.2, 0) is 9.53 Å². The molecule has 4 heterocycles. The lowest BCUT2D eigenvalue weighted by atomic mass is 9.81. The van der Waals surface area contributed by atoms with Crippen molar-refractivity contribution in [1.82, 2.24) is 25.6 Å². The molecule has 11 heteroatoms. The first-order valence-electron chi connectivity index (χ1n) is 15.6. The van der Waals surface area contributed by atoms with Crippen LogP contribution in [0.15, 0.2) is 18.2 Å². The summed E-state index contributed by atoms with van der Waals surface area (Å²) in [5, 5.41) is 9.03. The number of piperidine rings is 2. The first-order valence-corrected chi connectivity index (χ1v) is 16.7. The van der Waals surface area contributed by atoms with Crippen molar-refractivity contribution in [3.05, 3.63) is 29.3 Å². The monoisotopic (exact) mass is 600 g/mol. The maximum Gasteiger partial charge on any atom is 0.410 e. The SMILES string of the molecule is CCC1(N2NC(Nc3ccc(C(=O)N4CCCSCC4)c(C)c3)C3C(=O)NCCC32)CCN(C(=O)OC(C)(C)C)CC1. The fourth-order valence-electron chi connectivity index (χ4n) is 6.90. The molecular weight excluding hydrogens is 552 g/mol. The molecule has 1 aromatic rings. The molecule has 10 nitrogen and oxygen atoms in total. The zero-order valence-electron chi connectivity index (χ0n) is 25.8. The topological polar surface area (TPSA) is 106 Å². The third-order valence-corrected chi connectivity index (χ3v) is 10.3. The summed E-state index contributed by atoms with van der Waals surface area (Å²) in [6.45, 7) is 13.3. The van der Waals surface area contributed by atoms with E-state index in [2.05, 4.69) is 28.0 Å². The van der Waals surface area contributed by atoms with Crippen molar-refractivity contribution in [2.24, 2.45) is 5.92 Å². The number of nitrogens with one attached hydrogen (secondary N) is 3. The minimum atomic E-state index is -0.523. The number of hydrogen-bond donors (Lipinski definition) is 3. The van der Waals surface area contributed by atoms with E-state index < -0.39 is 5.60 Å². The number of likely N-dealkylation sites (tertiary alicyclic amines) is 1. The van der Waals surface area contributed by atoms with Crippen molar-refractivity contribution in [2.45, 2.75) is 90.1 Å². The van der Waals surface area contributed by atoms with E-state index in [-0.39, 0.29) is 41.6 Å². The highest BCUT2D eigenvalue weighted by molar-refractivity contribution is 7.99. The molecule has 5 rings (SSSR count). The molecule has 0 spiro atoms. The van der Waals surface area contributed by atoms with Gasteiger partial charge in [-0.2, -0.15) is 11.8 Å². The summed E-state index contributed by atoms with van der Waals surface area (Å²) < 4.78 is 5.63. The second-order valence-corrected chi connectivity index (χ2v) is 14.4. The Morgan fingerprint density at radius 3 is 2.57 bits per heavy atom. The normalized spacial score (nSPS) is 26.7. The molecule has 0 radical (unpaired) electrons. The summed E-state index contributed by atoms with van der Waals surface area (Å²) in [6.07, 6.45) is 3.86. The summed E-state index contributed by atoms with van der Waals surface area (Å²) in [5.41, 5.74) is 5.58. The van der Waals surface area contributed by atoms with Crippen LogP contribution in [0.2, 0.25) is 0 Å². The van der Waals surface area contributed by atoms with Gasteiger partial charge in [0.2, 0.25) is 5.91 Å². The third-order valence-electron chi connectivity index (χ3n) is 9.23. The summed E-state index contributed by atoms with van der Waals surface area (Å²) in [7, 11) is 0. The average Bonchev–Trinajstić information content (AvgIpc) is 3.12. The van der Waals surface area contributed by atoms with Crippen LogP contribution in [0, 0.1) is 12.8 Å². The van der Waals surface area contributed by atoms with Gasteiger partial charge in [-0.1, -0.05) is 6.92 Å². The minimum Gasteiger partial charge on any atom is -0.444 e. The molecule has 4 fully saturated rings. The number of amides is 3. The fraction of sp³-hybridized carbons (Fsp3) is 0.710. The first-order chi connectivity index (χ1) is 20.0. The number of anilines is 1. The number of rotatable bonds is 5. The van der Waals surface area contributed by atoms with Gasteiger partial charge in [-0.25, -0.2) is 15.2 Å². The van der Waals surface area contributed by atoms with Crippen molar-refractivity contribution < 1.29 is 19.1 Å². The summed E-state index contributed by atoms with van der Waals surface area (Å²) >= 11 is 1.91. The molecule has 1 aromatic carbocycles. The van der Waals surface area contributed by atoms with Crippen LogP contribution in [-0.4, -0.2) is 100 Å². The van der Waals surface area contributed by atoms with Crippen LogP contribution in [0.5, 0.6) is 0 Å². The standard InChI is InChI=1S/C31H48N6O4S/c1-6-31(11-15-36(16-12-31)29(40)41-30(3,4)5)37-24-10-13-32-27(38)25(24)26(34-37)33-22-8-9-23(21(2)20-22)28(39)35-14-7-18-42-19-17-35/h8-9,20,24-26,33-34H,6-7,10-19H2,1-5H3,(H,32,38). The van der Waals surface area contributed by atoms with Gasteiger partial charge in [0.25, 0.3) is 5.91 Å². The number of ether oxygens (including phenoxy) is 1. The number of fused-ring (bicyclic) bond motifs is 1. The molecule has 232 valence electrons. The quantitative estimate of drug-likeness (QED) is 0.469. The average molecular weight is 601 g/mol. The number of carbonyl (C=O) groups excluding carboxylic acids is 3. The number of carbonyl (C=O) groups is 3. The predicted octanol–water partition coefficient (Wildman–Crippen LogP) is 3.82. The van der Waals surface area contributed by atoms with Crippen molar-refractivity contribution in [3.63, 3.8) is 0 Å². The van der Waals surface area contributed by atoms with Gasteiger partial charge in [0.05, 0.1) is 5.92 Å². The Hall–Kier alpha value is -2.50. The molecular formula is C31H48N6O4S. The Labute approximate surface area is 254 Å². The number of thioether (sulfide) groups is 1. The van der Waals surface area contributed by atoms with Crippen LogP contribution in [0.25, 0.3) is 0 Å². The van der Waals surface area contributed by atoms with Crippen LogP contribution >= 0.6 is 11.8 Å². The Kier molecular flexibility index (Phi) is 9.30. The predicted molar refractivity (Wildman–Crippen MR) is 166 cm³/mol. The van der Waals surface area contributed by atoms with E-state index in [1.165, 1.54) is 0 Å². The van der Waals surface area contributed by atoms with E-state index >= 15 is 0 Å². The van der Waals surface area contributed by atoms with Crippen LogP contribution < -0.4 is 16.1 Å². The smallest absolute Gasteiger partial charge is 0.410 e. The Morgan fingerprint density at radius 2 is 1.88 bits per heavy atom. The van der Waals surface area contributed by atoms with Crippen LogP contribution in [0.4, 0.5) is 10.5 Å². The highest BCUT2D eigenvalue weighted by atomic mass is 32.2. The highest BCUT2D eigenvalue weighted by Gasteiger charge is 2.54. The second-order valence-electron chi connectivity index (χ2n) is 13.1. The van der Waals surface area contributed by atoms with E-state index in [0.717, 1.165) is 73.5 Å². The lowest BCUT2D eigenvalue weighted by Crippen LogP contribution is -2.62. The van der Waals surface area contributed by atoms with Crippen LogP contribution in [0.3, 0.4) is 0 Å². The minimum absolute atomic E-state index is 0.0483. The van der Waals surface area contributed by atoms with E-state index in [0.29, 0.717) is 19.6 Å². The van der Waals surface area contributed by atoms with Crippen LogP contribution in [0.1, 0.15) is 75.7 Å². The molecule has 0 bridgehead atoms. The van der Waals surface area contributed by atoms with Crippen molar-refractivity contribution in [2.75, 3.05) is 49.5 Å². The maximum absolute atomic E-state index is 13.3. The summed E-state index contributed by atoms with van der Waals surface area (Å²) in [6, 6.07) is 5.95. The Balaban J connectivity index is 1.30. The molecule has 3 unspecified atom stereocenters. The Bertz CT molecular complexity index is 1160. The fourth-order valence-corrected chi connectivity index (χ4v) is 7.79. The third kappa shape index (κ3) is 6.53. The molecule has 3 N–H and O–H groups in total. The van der Waals surface area contributed by atoms with E-state index in [9.17, 15) is 14.4 Å². The highest BCUT2D eigenvalue weighted by Crippen LogP contribution is 2.40. The summed E-state index contributed by atoms with van der Waals surface area (Å²) in [5.74, 6) is 1.98. The largest absolute Gasteiger partial charge is 0.444 e. The first kappa shape index (κ1) is 30.9. The van der Waals surface area contributed by atoms with Gasteiger partial charge in [0.15, 0.2) is 0 Å². The van der Waals surface area contributed by atoms with Crippen molar-refractivity contribution in [1.29, 1.82) is 0 Å². The molecule has 3 atom stereocenters. The Morgan fingerprint density at radius 1 is 1.12 bits per heavy atom. The van der Waals surface area contributed by atoms with Gasteiger partial charge in [0.1, 0.15) is 11.8 Å². The van der Waals surface area contributed by atoms with Gasteiger partial charge >= 0.3 is 6.09 Å². The molecule has 3 amide bonds. The molecule has 0 saturated carbocycles. The zero-order chi connectivity index (χ0) is 30.1. The van der Waals surface area contributed by atoms with E-state index in [1.54, 1.807) is 0 Å². The number of aryl methyl sites for hydroxylation is 1. The molecule has 0 aliphatic carbocycles. The molecule has 4 aliphatic heterocycles. The second kappa shape index (κ2) is 12.6. The molecule has 4 saturated heterocycles. The van der Waals surface area contributed by atoms with Crippen molar-refractivity contribution >= 4 is 35.4 Å². The van der Waals surface area contributed by atoms with E-state index in [1.807, 2.05) is 67.5 Å². The van der Waals surface area contributed by atoms with Gasteiger partial charge in [-0.3, -0.25) is 9.59 Å². The number of hydrogen-bond acceptors (Lipinski definition) is 8. The lowest BCUT2D eigenvalue weighted by molar-refractivity contribution is -0.128. The maximum atomic E-state index is 13.3. The molecule has 42 heavy (non-hydrogen) atoms. The van der Waals surface area contributed by atoms with Crippen molar-refractivity contribution in [3.8, 4) is 0 Å². The lowest BCUT2D eigenvalue weighted by Gasteiger charge is -2.49. The van der Waals surface area contributed by atoms with Gasteiger partial charge in [-0.05, 0) is 89.3 Å². The van der Waals surface area contributed by atoms with E-state index in [4.69, 9.17) is 4.74 Å². The number of nitrogens with zero attached hydrogens (tertiary/aromatic N) is 3. The molecule has 0 aromatic heterocycles. The number of benzene rings is 1. The van der Waals surface area contributed by atoms with Gasteiger partial charge < -0.3 is 25.2 Å². The van der Waals surface area contributed by atoms with Gasteiger partial charge in [0, 0.05) is 61.3 Å². The zero-order valence-corrected chi connectivity index (χ0v) is 26.6. The van der Waals surface area contributed by atoms with Gasteiger partial charge in [-0.15, -0.1) is 0 Å². The number of hydrazine groups is 1.